The second kappa shape index (κ2) is 7.45. The Balaban J connectivity index is 1.60. The summed E-state index contributed by atoms with van der Waals surface area (Å²) in [5, 5.41) is 9.22. The number of likely N-dealkylation sites (tertiary alicyclic amines) is 1. The van der Waals surface area contributed by atoms with Crippen molar-refractivity contribution in [2.24, 2.45) is 5.92 Å². The Labute approximate surface area is 139 Å². The molecule has 0 aromatic heterocycles. The quantitative estimate of drug-likeness (QED) is 0.926. The second-order valence-corrected chi connectivity index (χ2v) is 7.01. The Morgan fingerprint density at radius 1 is 1.26 bits per heavy atom. The van der Waals surface area contributed by atoms with E-state index in [9.17, 15) is 9.90 Å². The third-order valence-electron chi connectivity index (χ3n) is 5.52. The molecule has 4 nitrogen and oxygen atoms in total. The zero-order valence-electron chi connectivity index (χ0n) is 14.1. The van der Waals surface area contributed by atoms with Gasteiger partial charge in [-0.15, -0.1) is 0 Å². The second-order valence-electron chi connectivity index (χ2n) is 7.01. The summed E-state index contributed by atoms with van der Waals surface area (Å²) in [4.78, 5) is 16.9. The first kappa shape index (κ1) is 16.5. The standard InChI is InChI=1S/C19H28N2O2/c1-20(18-8-4-6-16-5-2-3-7-17(16)18)19(23)13-21-11-9-15(14-22)10-12-21/h2-3,5,7,15,18,22H,4,6,8-14H2,1H3. The molecule has 0 bridgehead atoms. The van der Waals surface area contributed by atoms with Crippen LogP contribution in [0.25, 0.3) is 0 Å². The molecule has 1 fully saturated rings. The van der Waals surface area contributed by atoms with Gasteiger partial charge in [-0.1, -0.05) is 24.3 Å². The maximum absolute atomic E-state index is 12.7. The molecular weight excluding hydrogens is 288 g/mol. The van der Waals surface area contributed by atoms with E-state index in [0.29, 0.717) is 12.5 Å². The maximum atomic E-state index is 12.7. The first-order chi connectivity index (χ1) is 11.2. The van der Waals surface area contributed by atoms with E-state index in [1.807, 2.05) is 11.9 Å². The van der Waals surface area contributed by atoms with Crippen molar-refractivity contribution in [3.63, 3.8) is 0 Å². The first-order valence-corrected chi connectivity index (χ1v) is 8.85. The summed E-state index contributed by atoms with van der Waals surface area (Å²) in [6, 6.07) is 8.76. The predicted molar refractivity (Wildman–Crippen MR) is 91.1 cm³/mol. The predicted octanol–water partition coefficient (Wildman–Crippen LogP) is 2.23. The van der Waals surface area contributed by atoms with Gasteiger partial charge in [0.2, 0.25) is 5.91 Å². The number of carbonyl (C=O) groups excluding carboxylic acids is 1. The van der Waals surface area contributed by atoms with Gasteiger partial charge < -0.3 is 10.0 Å². The molecule has 1 aliphatic carbocycles. The van der Waals surface area contributed by atoms with Crippen LogP contribution in [0, 0.1) is 5.92 Å². The van der Waals surface area contributed by atoms with Crippen molar-refractivity contribution in [2.45, 2.75) is 38.1 Å². The minimum Gasteiger partial charge on any atom is -0.396 e. The number of piperidine rings is 1. The number of aliphatic hydroxyl groups is 1. The molecule has 2 aliphatic rings. The minimum absolute atomic E-state index is 0.217. The van der Waals surface area contributed by atoms with E-state index < -0.39 is 0 Å². The Kier molecular flexibility index (Phi) is 5.34. The number of amides is 1. The SMILES string of the molecule is CN(C(=O)CN1CCC(CO)CC1)C1CCCc2ccccc21. The van der Waals surface area contributed by atoms with Crippen LogP contribution in [0.3, 0.4) is 0 Å². The number of aryl methyl sites for hydroxylation is 1. The fourth-order valence-electron chi connectivity index (χ4n) is 3.93. The largest absolute Gasteiger partial charge is 0.396 e. The lowest BCUT2D eigenvalue weighted by Gasteiger charge is -2.36. The number of fused-ring (bicyclic) bond motifs is 1. The number of carbonyl (C=O) groups is 1. The summed E-state index contributed by atoms with van der Waals surface area (Å²) in [7, 11) is 1.95. The van der Waals surface area contributed by atoms with E-state index in [1.165, 1.54) is 11.1 Å². The molecule has 1 aromatic rings. The van der Waals surface area contributed by atoms with Crippen LogP contribution in [0.2, 0.25) is 0 Å². The smallest absolute Gasteiger partial charge is 0.237 e. The van der Waals surface area contributed by atoms with Crippen LogP contribution in [0.5, 0.6) is 0 Å². The van der Waals surface area contributed by atoms with Crippen LogP contribution >= 0.6 is 0 Å². The Morgan fingerprint density at radius 2 is 2.00 bits per heavy atom. The highest BCUT2D eigenvalue weighted by Crippen LogP contribution is 2.33. The van der Waals surface area contributed by atoms with Crippen LogP contribution in [0.15, 0.2) is 24.3 Å². The lowest BCUT2D eigenvalue weighted by atomic mass is 9.87. The van der Waals surface area contributed by atoms with Gasteiger partial charge in [0.25, 0.3) is 0 Å². The molecule has 1 atom stereocenters. The van der Waals surface area contributed by atoms with Crippen LogP contribution < -0.4 is 0 Å². The number of aliphatic hydroxyl groups excluding tert-OH is 1. The highest BCUT2D eigenvalue weighted by molar-refractivity contribution is 5.78. The number of likely N-dealkylation sites (N-methyl/N-ethyl adjacent to an activating group) is 1. The topological polar surface area (TPSA) is 43.8 Å². The Bertz CT molecular complexity index is 538. The number of hydrogen-bond acceptors (Lipinski definition) is 3. The average Bonchev–Trinajstić information content (AvgIpc) is 2.61. The maximum Gasteiger partial charge on any atom is 0.237 e. The van der Waals surface area contributed by atoms with E-state index in [0.717, 1.165) is 45.2 Å². The van der Waals surface area contributed by atoms with Crippen molar-refractivity contribution in [3.8, 4) is 0 Å². The molecule has 1 amide bonds. The van der Waals surface area contributed by atoms with E-state index in [2.05, 4.69) is 29.2 Å². The van der Waals surface area contributed by atoms with Crippen molar-refractivity contribution in [3.05, 3.63) is 35.4 Å². The third kappa shape index (κ3) is 3.75. The number of benzene rings is 1. The average molecular weight is 316 g/mol. The van der Waals surface area contributed by atoms with E-state index in [-0.39, 0.29) is 18.6 Å². The van der Waals surface area contributed by atoms with Crippen molar-refractivity contribution in [2.75, 3.05) is 33.3 Å². The van der Waals surface area contributed by atoms with Gasteiger partial charge in [-0.3, -0.25) is 9.69 Å². The summed E-state index contributed by atoms with van der Waals surface area (Å²) in [6.45, 7) is 2.63. The summed E-state index contributed by atoms with van der Waals surface area (Å²) < 4.78 is 0. The van der Waals surface area contributed by atoms with Crippen molar-refractivity contribution in [1.82, 2.24) is 9.80 Å². The van der Waals surface area contributed by atoms with Crippen molar-refractivity contribution < 1.29 is 9.90 Å². The molecule has 3 rings (SSSR count). The third-order valence-corrected chi connectivity index (χ3v) is 5.52. The summed E-state index contributed by atoms with van der Waals surface area (Å²) >= 11 is 0. The van der Waals surface area contributed by atoms with Gasteiger partial charge in [-0.25, -0.2) is 0 Å². The summed E-state index contributed by atoms with van der Waals surface area (Å²) in [5.74, 6) is 0.637. The van der Waals surface area contributed by atoms with Gasteiger partial charge in [-0.2, -0.15) is 0 Å². The number of nitrogens with zero attached hydrogens (tertiary/aromatic N) is 2. The van der Waals surface area contributed by atoms with Gasteiger partial charge in [0.05, 0.1) is 12.6 Å². The summed E-state index contributed by atoms with van der Waals surface area (Å²) in [5.41, 5.74) is 2.72. The molecule has 4 heteroatoms. The molecule has 0 radical (unpaired) electrons. The van der Waals surface area contributed by atoms with Gasteiger partial charge >= 0.3 is 0 Å². The van der Waals surface area contributed by atoms with Crippen LogP contribution in [0.4, 0.5) is 0 Å². The first-order valence-electron chi connectivity index (χ1n) is 8.85. The van der Waals surface area contributed by atoms with Crippen LogP contribution in [-0.2, 0) is 11.2 Å². The highest BCUT2D eigenvalue weighted by Gasteiger charge is 2.28. The van der Waals surface area contributed by atoms with E-state index >= 15 is 0 Å². The lowest BCUT2D eigenvalue weighted by Crippen LogP contribution is -2.44. The molecule has 1 aromatic carbocycles. The Hall–Kier alpha value is -1.39. The lowest BCUT2D eigenvalue weighted by molar-refractivity contribution is -0.134. The normalized spacial score (nSPS) is 22.6. The molecule has 1 N–H and O–H groups in total. The van der Waals surface area contributed by atoms with E-state index in [4.69, 9.17) is 0 Å². The van der Waals surface area contributed by atoms with Gasteiger partial charge in [0.1, 0.15) is 0 Å². The molecule has 23 heavy (non-hydrogen) atoms. The van der Waals surface area contributed by atoms with Crippen LogP contribution in [-0.4, -0.2) is 54.1 Å². The molecule has 1 aliphatic heterocycles. The highest BCUT2D eigenvalue weighted by atomic mass is 16.3. The molecule has 126 valence electrons. The van der Waals surface area contributed by atoms with Crippen LogP contribution in [0.1, 0.15) is 42.9 Å². The van der Waals surface area contributed by atoms with Crippen molar-refractivity contribution in [1.29, 1.82) is 0 Å². The van der Waals surface area contributed by atoms with E-state index in [1.54, 1.807) is 0 Å². The molecule has 1 unspecified atom stereocenters. The monoisotopic (exact) mass is 316 g/mol. The number of rotatable bonds is 4. The fraction of sp³-hybridized carbons (Fsp3) is 0.632. The van der Waals surface area contributed by atoms with Crippen molar-refractivity contribution >= 4 is 5.91 Å². The molecular formula is C19H28N2O2. The molecule has 0 spiro atoms. The zero-order chi connectivity index (χ0) is 16.2. The molecule has 1 saturated heterocycles. The minimum atomic E-state index is 0.217. The van der Waals surface area contributed by atoms with Gasteiger partial charge in [0.15, 0.2) is 0 Å². The zero-order valence-corrected chi connectivity index (χ0v) is 14.1. The van der Waals surface area contributed by atoms with Gasteiger partial charge in [0, 0.05) is 13.7 Å². The van der Waals surface area contributed by atoms with Gasteiger partial charge in [-0.05, 0) is 62.2 Å². The summed E-state index contributed by atoms with van der Waals surface area (Å²) in [6.07, 6.45) is 5.34. The number of hydrogen-bond donors (Lipinski definition) is 1. The molecule has 1 heterocycles. The Morgan fingerprint density at radius 3 is 2.74 bits per heavy atom. The molecule has 0 saturated carbocycles. The fourth-order valence-corrected chi connectivity index (χ4v) is 3.93.